The minimum atomic E-state index is 0.352. The second-order valence-corrected chi connectivity index (χ2v) is 7.91. The molecule has 3 atom stereocenters. The van der Waals surface area contributed by atoms with Gasteiger partial charge < -0.3 is 10.0 Å². The Labute approximate surface area is 150 Å². The molecular formula is C22H28N2O. The number of rotatable bonds is 5. The zero-order valence-corrected chi connectivity index (χ0v) is 15.0. The lowest BCUT2D eigenvalue weighted by atomic mass is 10.0. The first-order valence-electron chi connectivity index (χ1n) is 9.45. The minimum absolute atomic E-state index is 0.352. The van der Waals surface area contributed by atoms with Gasteiger partial charge in [-0.15, -0.1) is 0 Å². The van der Waals surface area contributed by atoms with Crippen LogP contribution in [0.3, 0.4) is 0 Å². The van der Waals surface area contributed by atoms with Crippen LogP contribution in [0, 0.1) is 11.8 Å². The van der Waals surface area contributed by atoms with Crippen LogP contribution in [-0.4, -0.2) is 47.6 Å². The van der Waals surface area contributed by atoms with Crippen molar-refractivity contribution in [2.75, 3.05) is 32.7 Å². The molecule has 3 nitrogen and oxygen atoms in total. The maximum absolute atomic E-state index is 9.45. The van der Waals surface area contributed by atoms with Gasteiger partial charge in [0.1, 0.15) is 5.75 Å². The Balaban J connectivity index is 1.28. The molecule has 0 bridgehead atoms. The molecule has 2 heterocycles. The number of hydrogen-bond donors (Lipinski definition) is 1. The normalized spacial score (nSPS) is 25.2. The van der Waals surface area contributed by atoms with Crippen molar-refractivity contribution in [3.8, 4) is 5.75 Å². The SMILES string of the molecule is CC(CN1C[C@H]2CN(Cc3ccccc3)C[C@H]2C1)c1ccc(O)cc1. The standard InChI is InChI=1S/C22H28N2O/c1-17(19-7-9-22(25)10-8-19)11-23-13-20-15-24(16-21(20)14-23)12-18-5-3-2-4-6-18/h2-10,17,20-21,25H,11-16H2,1H3/t17?,20-,21+. The smallest absolute Gasteiger partial charge is 0.115 e. The van der Waals surface area contributed by atoms with Crippen LogP contribution in [-0.2, 0) is 6.54 Å². The van der Waals surface area contributed by atoms with Crippen LogP contribution < -0.4 is 0 Å². The monoisotopic (exact) mass is 336 g/mol. The van der Waals surface area contributed by atoms with E-state index in [2.05, 4.69) is 59.2 Å². The molecule has 132 valence electrons. The summed E-state index contributed by atoms with van der Waals surface area (Å²) in [4.78, 5) is 5.28. The molecule has 2 aliphatic rings. The lowest BCUT2D eigenvalue weighted by Gasteiger charge is -2.24. The zero-order valence-electron chi connectivity index (χ0n) is 15.0. The molecule has 1 unspecified atom stereocenters. The van der Waals surface area contributed by atoms with Crippen LogP contribution in [0.4, 0.5) is 0 Å². The highest BCUT2D eigenvalue weighted by Crippen LogP contribution is 2.33. The Morgan fingerprint density at radius 2 is 1.48 bits per heavy atom. The third kappa shape index (κ3) is 3.88. The Hall–Kier alpha value is -1.84. The Morgan fingerprint density at radius 3 is 2.12 bits per heavy atom. The highest BCUT2D eigenvalue weighted by molar-refractivity contribution is 5.28. The van der Waals surface area contributed by atoms with E-state index in [1.165, 1.54) is 37.3 Å². The van der Waals surface area contributed by atoms with Crippen molar-refractivity contribution in [3.05, 3.63) is 65.7 Å². The van der Waals surface area contributed by atoms with Gasteiger partial charge in [0, 0.05) is 39.3 Å². The molecular weight excluding hydrogens is 308 g/mol. The second kappa shape index (κ2) is 7.19. The molecule has 0 saturated carbocycles. The number of fused-ring (bicyclic) bond motifs is 1. The molecule has 2 saturated heterocycles. The predicted octanol–water partition coefficient (Wildman–Crippen LogP) is 3.56. The van der Waals surface area contributed by atoms with E-state index in [1.807, 2.05) is 0 Å². The zero-order chi connectivity index (χ0) is 17.2. The van der Waals surface area contributed by atoms with Crippen molar-refractivity contribution >= 4 is 0 Å². The fourth-order valence-corrected chi connectivity index (χ4v) is 4.60. The lowest BCUT2D eigenvalue weighted by molar-refractivity contribution is 0.244. The molecule has 0 amide bonds. The molecule has 4 rings (SSSR count). The summed E-state index contributed by atoms with van der Waals surface area (Å²) in [6.45, 7) is 9.46. The summed E-state index contributed by atoms with van der Waals surface area (Å²) in [7, 11) is 0. The quantitative estimate of drug-likeness (QED) is 0.904. The lowest BCUT2D eigenvalue weighted by Crippen LogP contribution is -2.31. The first-order chi connectivity index (χ1) is 12.2. The number of phenolic OH excluding ortho intramolecular Hbond substituents is 1. The molecule has 2 aromatic carbocycles. The number of hydrogen-bond acceptors (Lipinski definition) is 3. The van der Waals surface area contributed by atoms with E-state index >= 15 is 0 Å². The maximum atomic E-state index is 9.45. The van der Waals surface area contributed by atoms with Crippen LogP contribution in [0.2, 0.25) is 0 Å². The van der Waals surface area contributed by atoms with Crippen molar-refractivity contribution in [1.82, 2.24) is 9.80 Å². The average molecular weight is 336 g/mol. The van der Waals surface area contributed by atoms with E-state index < -0.39 is 0 Å². The van der Waals surface area contributed by atoms with Gasteiger partial charge in [0.05, 0.1) is 0 Å². The Bertz CT molecular complexity index is 671. The summed E-state index contributed by atoms with van der Waals surface area (Å²) in [5, 5.41) is 9.45. The number of phenols is 1. The number of nitrogens with zero attached hydrogens (tertiary/aromatic N) is 2. The van der Waals surface area contributed by atoms with Gasteiger partial charge in [-0.2, -0.15) is 0 Å². The van der Waals surface area contributed by atoms with Gasteiger partial charge >= 0.3 is 0 Å². The van der Waals surface area contributed by atoms with E-state index in [9.17, 15) is 5.11 Å². The van der Waals surface area contributed by atoms with Crippen molar-refractivity contribution in [2.45, 2.75) is 19.4 Å². The Kier molecular flexibility index (Phi) is 4.78. The summed E-state index contributed by atoms with van der Waals surface area (Å²) in [5.74, 6) is 2.52. The predicted molar refractivity (Wildman–Crippen MR) is 102 cm³/mol. The molecule has 1 N–H and O–H groups in total. The summed E-state index contributed by atoms with van der Waals surface area (Å²) >= 11 is 0. The van der Waals surface area contributed by atoms with Gasteiger partial charge in [-0.05, 0) is 41.0 Å². The largest absolute Gasteiger partial charge is 0.508 e. The summed E-state index contributed by atoms with van der Waals surface area (Å²) in [6.07, 6.45) is 0. The van der Waals surface area contributed by atoms with E-state index in [0.29, 0.717) is 11.7 Å². The highest BCUT2D eigenvalue weighted by Gasteiger charge is 2.39. The van der Waals surface area contributed by atoms with E-state index in [1.54, 1.807) is 12.1 Å². The highest BCUT2D eigenvalue weighted by atomic mass is 16.3. The van der Waals surface area contributed by atoms with Gasteiger partial charge in [-0.25, -0.2) is 0 Å². The van der Waals surface area contributed by atoms with E-state index in [0.717, 1.165) is 24.9 Å². The van der Waals surface area contributed by atoms with Crippen LogP contribution in [0.5, 0.6) is 5.75 Å². The fourth-order valence-electron chi connectivity index (χ4n) is 4.60. The molecule has 3 heteroatoms. The third-order valence-corrected chi connectivity index (χ3v) is 5.88. The van der Waals surface area contributed by atoms with Gasteiger partial charge in [0.25, 0.3) is 0 Å². The molecule has 2 aliphatic heterocycles. The first-order valence-corrected chi connectivity index (χ1v) is 9.45. The van der Waals surface area contributed by atoms with Gasteiger partial charge in [0.15, 0.2) is 0 Å². The Morgan fingerprint density at radius 1 is 0.880 bits per heavy atom. The van der Waals surface area contributed by atoms with Crippen LogP contribution >= 0.6 is 0 Å². The fraction of sp³-hybridized carbons (Fsp3) is 0.455. The molecule has 2 fully saturated rings. The van der Waals surface area contributed by atoms with Crippen molar-refractivity contribution in [1.29, 1.82) is 0 Å². The van der Waals surface area contributed by atoms with Crippen LogP contribution in [0.25, 0.3) is 0 Å². The number of aromatic hydroxyl groups is 1. The molecule has 0 spiro atoms. The van der Waals surface area contributed by atoms with Gasteiger partial charge in [-0.3, -0.25) is 4.90 Å². The average Bonchev–Trinajstić information content (AvgIpc) is 3.14. The van der Waals surface area contributed by atoms with Crippen molar-refractivity contribution in [2.24, 2.45) is 11.8 Å². The van der Waals surface area contributed by atoms with Crippen molar-refractivity contribution in [3.63, 3.8) is 0 Å². The summed E-state index contributed by atoms with van der Waals surface area (Å²) < 4.78 is 0. The molecule has 25 heavy (non-hydrogen) atoms. The molecule has 0 aromatic heterocycles. The van der Waals surface area contributed by atoms with Crippen LogP contribution in [0.15, 0.2) is 54.6 Å². The summed E-state index contributed by atoms with van der Waals surface area (Å²) in [5.41, 5.74) is 2.75. The second-order valence-electron chi connectivity index (χ2n) is 7.91. The molecule has 0 radical (unpaired) electrons. The number of likely N-dealkylation sites (tertiary alicyclic amines) is 2. The van der Waals surface area contributed by atoms with Gasteiger partial charge in [-0.1, -0.05) is 49.4 Å². The van der Waals surface area contributed by atoms with Crippen LogP contribution in [0.1, 0.15) is 24.0 Å². The maximum Gasteiger partial charge on any atom is 0.115 e. The number of benzene rings is 2. The first kappa shape index (κ1) is 16.6. The van der Waals surface area contributed by atoms with E-state index in [-0.39, 0.29) is 0 Å². The molecule has 0 aliphatic carbocycles. The molecule has 2 aromatic rings. The third-order valence-electron chi connectivity index (χ3n) is 5.88. The van der Waals surface area contributed by atoms with Gasteiger partial charge in [0.2, 0.25) is 0 Å². The van der Waals surface area contributed by atoms with Crippen molar-refractivity contribution < 1.29 is 5.11 Å². The minimum Gasteiger partial charge on any atom is -0.508 e. The topological polar surface area (TPSA) is 26.7 Å². The van der Waals surface area contributed by atoms with E-state index in [4.69, 9.17) is 0 Å². The summed E-state index contributed by atoms with van der Waals surface area (Å²) in [6, 6.07) is 18.5.